The van der Waals surface area contributed by atoms with Gasteiger partial charge in [0.2, 0.25) is 88.6 Å². The number of likely N-dealkylation sites (tertiary alicyclic amines) is 1. The number of primary amides is 1. The topological polar surface area (TPSA) is 707 Å². The number of rotatable bonds is 60. The Morgan fingerprint density at radius 1 is 0.418 bits per heavy atom. The molecule has 122 heavy (non-hydrogen) atoms. The Labute approximate surface area is 716 Å². The van der Waals surface area contributed by atoms with Crippen LogP contribution in [0.1, 0.15) is 212 Å². The Morgan fingerprint density at radius 3 is 1.18 bits per heavy atom. The number of nitrogens with one attached hydrogen (secondary N) is 13. The predicted molar refractivity (Wildman–Crippen MR) is 449 cm³/mol. The molecule has 0 spiro atoms. The minimum Gasteiger partial charge on any atom is -0.481 e. The van der Waals surface area contributed by atoms with Gasteiger partial charge in [0.15, 0.2) is 5.96 Å². The number of unbranched alkanes of at least 4 members (excludes halogenated alkanes) is 1. The number of aliphatic imine (C=N–C) groups is 1. The molecule has 15 amide bonds. The van der Waals surface area contributed by atoms with E-state index in [0.29, 0.717) is 19.3 Å². The number of carbonyl (C=O) groups is 19. The molecule has 0 aromatic heterocycles. The Hall–Kier alpha value is -10.5. The third kappa shape index (κ3) is 42.3. The summed E-state index contributed by atoms with van der Waals surface area (Å²) in [6.07, 6.45) is -0.922. The number of hydrogen-bond donors (Lipinski definition) is 22. The lowest BCUT2D eigenvalue weighted by atomic mass is 9.95. The van der Waals surface area contributed by atoms with Crippen LogP contribution >= 0.6 is 11.8 Å². The molecule has 1 rings (SSSR count). The Kier molecular flexibility index (Phi) is 50.4. The molecule has 1 fully saturated rings. The van der Waals surface area contributed by atoms with Crippen molar-refractivity contribution in [2.45, 2.75) is 303 Å². The quantitative estimate of drug-likeness (QED) is 0.0160. The van der Waals surface area contributed by atoms with Crippen molar-refractivity contribution in [1.29, 1.82) is 0 Å². The highest BCUT2D eigenvalue weighted by molar-refractivity contribution is 7.98. The van der Waals surface area contributed by atoms with Gasteiger partial charge >= 0.3 is 23.9 Å². The lowest BCUT2D eigenvalue weighted by Crippen LogP contribution is -2.62. The van der Waals surface area contributed by atoms with Crippen molar-refractivity contribution < 1.29 is 112 Å². The molecule has 27 N–H and O–H groups in total. The molecule has 1 heterocycles. The van der Waals surface area contributed by atoms with Crippen LogP contribution in [0.2, 0.25) is 0 Å². The normalized spacial score (nSPS) is 16.3. The van der Waals surface area contributed by atoms with Crippen LogP contribution in [0.25, 0.3) is 0 Å². The highest BCUT2D eigenvalue weighted by atomic mass is 32.2. The second-order valence-electron chi connectivity index (χ2n) is 32.9. The number of thioether (sulfide) groups is 1. The molecular formula is C78H136N20O23S. The van der Waals surface area contributed by atoms with Crippen LogP contribution in [0.15, 0.2) is 4.99 Å². The fourth-order valence-corrected chi connectivity index (χ4v) is 13.5. The zero-order valence-corrected chi connectivity index (χ0v) is 73.4. The van der Waals surface area contributed by atoms with Crippen LogP contribution in [0.5, 0.6) is 0 Å². The zero-order valence-electron chi connectivity index (χ0n) is 72.6. The number of carboxylic acid groups (broad SMARTS) is 4. The smallest absolute Gasteiger partial charge is 0.326 e. The first kappa shape index (κ1) is 109. The first-order valence-electron chi connectivity index (χ1n) is 41.4. The molecule has 1 aliphatic heterocycles. The molecule has 692 valence electrons. The summed E-state index contributed by atoms with van der Waals surface area (Å²) in [6.45, 7) is 22.4. The molecule has 1 saturated heterocycles. The Balaban J connectivity index is 3.59. The predicted octanol–water partition coefficient (Wildman–Crippen LogP) is -3.39. The van der Waals surface area contributed by atoms with Crippen molar-refractivity contribution in [3.8, 4) is 0 Å². The second kappa shape index (κ2) is 56.2. The summed E-state index contributed by atoms with van der Waals surface area (Å²) >= 11 is 1.28. The zero-order chi connectivity index (χ0) is 93.1. The van der Waals surface area contributed by atoms with Crippen molar-refractivity contribution in [3.05, 3.63) is 0 Å². The van der Waals surface area contributed by atoms with Gasteiger partial charge in [0, 0.05) is 19.5 Å². The van der Waals surface area contributed by atoms with Crippen molar-refractivity contribution in [3.63, 3.8) is 0 Å². The van der Waals surface area contributed by atoms with Gasteiger partial charge in [-0.25, -0.2) is 4.79 Å². The molecule has 0 unspecified atom stereocenters. The minimum atomic E-state index is -2.04. The van der Waals surface area contributed by atoms with Gasteiger partial charge in [-0.2, -0.15) is 11.8 Å². The van der Waals surface area contributed by atoms with Gasteiger partial charge in [-0.05, 0) is 151 Å². The highest BCUT2D eigenvalue weighted by Gasteiger charge is 2.42. The van der Waals surface area contributed by atoms with Gasteiger partial charge in [0.1, 0.15) is 84.6 Å². The maximum absolute atomic E-state index is 14.7. The monoisotopic (exact) mass is 1750 g/mol. The number of guanidine groups is 1. The maximum Gasteiger partial charge on any atom is 0.326 e. The number of nitrogens with two attached hydrogens (primary N) is 5. The number of aliphatic carboxylic acids is 4. The summed E-state index contributed by atoms with van der Waals surface area (Å²) in [5, 5.41) is 70.9. The fraction of sp³-hybridized carbons (Fsp3) is 0.744. The fourth-order valence-electron chi connectivity index (χ4n) is 13.0. The highest BCUT2D eigenvalue weighted by Crippen LogP contribution is 2.22. The number of nitrogens with zero attached hydrogens (tertiary/aromatic N) is 2. The molecule has 0 saturated carbocycles. The third-order valence-electron chi connectivity index (χ3n) is 19.5. The van der Waals surface area contributed by atoms with Gasteiger partial charge in [-0.1, -0.05) is 89.5 Å². The van der Waals surface area contributed by atoms with Crippen LogP contribution in [-0.2, 0) is 91.1 Å². The average molecular weight is 1750 g/mol. The Morgan fingerprint density at radius 2 is 0.787 bits per heavy atom. The van der Waals surface area contributed by atoms with Crippen molar-refractivity contribution in [2.24, 2.45) is 69.2 Å². The maximum atomic E-state index is 14.7. The van der Waals surface area contributed by atoms with Gasteiger partial charge in [-0.15, -0.1) is 0 Å². The van der Waals surface area contributed by atoms with E-state index in [1.807, 2.05) is 5.32 Å². The summed E-state index contributed by atoms with van der Waals surface area (Å²) in [6, 6.07) is -22.5. The van der Waals surface area contributed by atoms with Crippen LogP contribution in [0.4, 0.5) is 0 Å². The van der Waals surface area contributed by atoms with Crippen molar-refractivity contribution in [1.82, 2.24) is 74.0 Å². The summed E-state index contributed by atoms with van der Waals surface area (Å²) in [7, 11) is 0. The largest absolute Gasteiger partial charge is 0.481 e. The van der Waals surface area contributed by atoms with Crippen LogP contribution in [0.3, 0.4) is 0 Å². The summed E-state index contributed by atoms with van der Waals surface area (Å²) in [4.78, 5) is 264. The number of carboxylic acids is 4. The van der Waals surface area contributed by atoms with E-state index >= 15 is 0 Å². The van der Waals surface area contributed by atoms with Crippen molar-refractivity contribution in [2.75, 3.05) is 31.6 Å². The molecule has 0 bridgehead atoms. The summed E-state index contributed by atoms with van der Waals surface area (Å²) in [5.41, 5.74) is 28.3. The minimum absolute atomic E-state index is 0.00407. The number of amides is 15. The molecule has 16 atom stereocenters. The molecule has 43 nitrogen and oxygen atoms in total. The Bertz CT molecular complexity index is 3590. The summed E-state index contributed by atoms with van der Waals surface area (Å²) < 4.78 is 0. The third-order valence-corrected chi connectivity index (χ3v) is 20.2. The molecule has 0 radical (unpaired) electrons. The van der Waals surface area contributed by atoms with Crippen molar-refractivity contribution >= 4 is 130 Å². The molecule has 0 aromatic carbocycles. The standard InChI is InChI=1S/C78H136N20O23S/c1-15-43(12)62(75(118)87-46(21-16-17-26-79)64(107)90-51(32-40(6)7)68(111)94-55(36-60(102)103)71(114)88-48(77(120)121)23-24-59(100)101)97-73(116)53(34-42(10)11)91-65(108)47(25-29-122-14)86-67(110)50(31-39(4)5)93-72(115)56(37-61(104)105)95-70(113)54(35-58(81)99)89-63(106)44(13)85-66(109)49(30-38(2)3)92-69(112)52(33-41(8)9)96-74(117)57-22-19-28-98(57)76(119)45(80)20-18-27-84-78(82)83/h38-57,62H,15-37,79-80H2,1-14H3,(H2,81,99)(H,85,109)(H,86,110)(H,87,118)(H,88,114)(H,89,106)(H,90,107)(H,91,108)(H,92,112)(H,93,115)(H,94,111)(H,95,113)(H,96,117)(H,97,116)(H,100,101)(H,102,103)(H,104,105)(H,120,121)(H4,82,83,84)/t43-,44-,45-,46-,47-,48-,49-,50-,51-,52-,53-,54-,55-,56-,57-,62-/m0/s1. The SMILES string of the molecule is CC[C@H](C)[C@H](NC(=O)[C@H](CC(C)C)NC(=O)[C@H](CCSC)NC(=O)[C@H](CC(C)C)NC(=O)[C@H](CC(=O)O)NC(=O)[C@H](CC(N)=O)NC(=O)[C@H](C)NC(=O)[C@H](CC(C)C)NC(=O)[C@H](CC(C)C)NC(=O)[C@@H]1CCCN1C(=O)[C@@H](N)CCCN=C(N)N)C(=O)N[C@@H](CCCCN)C(=O)N[C@@H](CC(C)C)C(=O)N[C@@H](CC(=O)O)C(=O)N[C@@H](CCC(=O)O)C(=O)O. The molecule has 0 aromatic rings. The lowest BCUT2D eigenvalue weighted by Gasteiger charge is -2.30. The number of hydrogen-bond acceptors (Lipinski definition) is 23. The number of carbonyl (C=O) groups excluding carboxylic acids is 15. The van der Waals surface area contributed by atoms with Gasteiger partial charge in [0.25, 0.3) is 0 Å². The lowest BCUT2D eigenvalue weighted by molar-refractivity contribution is -0.144. The summed E-state index contributed by atoms with van der Waals surface area (Å²) in [5.74, 6) is -22.9. The van der Waals surface area contributed by atoms with E-state index in [2.05, 4.69) is 68.8 Å². The van der Waals surface area contributed by atoms with E-state index in [1.165, 1.54) is 23.6 Å². The van der Waals surface area contributed by atoms with E-state index in [4.69, 9.17) is 33.8 Å². The van der Waals surface area contributed by atoms with Crippen LogP contribution in [-0.4, -0.2) is 266 Å². The van der Waals surface area contributed by atoms with E-state index in [1.54, 1.807) is 89.3 Å². The first-order chi connectivity index (χ1) is 57.0. The van der Waals surface area contributed by atoms with Gasteiger partial charge in [0.05, 0.1) is 25.3 Å². The van der Waals surface area contributed by atoms with Gasteiger partial charge < -0.3 is 123 Å². The van der Waals surface area contributed by atoms with Crippen LogP contribution in [0, 0.1) is 35.5 Å². The second-order valence-corrected chi connectivity index (χ2v) is 33.9. The van der Waals surface area contributed by atoms with Gasteiger partial charge in [-0.3, -0.25) is 91.3 Å². The molecule has 44 heteroatoms. The first-order valence-corrected chi connectivity index (χ1v) is 42.8. The van der Waals surface area contributed by atoms with Crippen LogP contribution < -0.4 is 97.8 Å². The van der Waals surface area contributed by atoms with E-state index < -0.39 is 247 Å². The molecule has 1 aliphatic rings. The molecular weight excluding hydrogens is 1620 g/mol. The average Bonchev–Trinajstić information content (AvgIpc) is 1.67. The van der Waals surface area contributed by atoms with E-state index in [-0.39, 0.29) is 126 Å². The van der Waals surface area contributed by atoms with E-state index in [9.17, 15) is 106 Å². The molecule has 0 aliphatic carbocycles. The van der Waals surface area contributed by atoms with E-state index in [0.717, 1.165) is 0 Å².